The molecule has 0 N–H and O–H groups in total. The average molecular weight is 339 g/mol. The maximum absolute atomic E-state index is 9.26. The van der Waals surface area contributed by atoms with E-state index in [-0.39, 0.29) is 0 Å². The Morgan fingerprint density at radius 2 is 1.71 bits per heavy atom. The van der Waals surface area contributed by atoms with Crippen molar-refractivity contribution >= 4 is 15.9 Å². The normalized spacial score (nSPS) is 10.3. The molecule has 2 aromatic carbocycles. The summed E-state index contributed by atoms with van der Waals surface area (Å²) in [5.41, 5.74) is 3.98. The van der Waals surface area contributed by atoms with Gasteiger partial charge in [-0.05, 0) is 31.2 Å². The first kappa shape index (κ1) is 13.5. The van der Waals surface area contributed by atoms with Crippen LogP contribution in [0.25, 0.3) is 16.9 Å². The highest BCUT2D eigenvalue weighted by atomic mass is 79.9. The lowest BCUT2D eigenvalue weighted by atomic mass is 10.1. The third-order valence-electron chi connectivity index (χ3n) is 3.17. The van der Waals surface area contributed by atoms with Gasteiger partial charge in [-0.2, -0.15) is 5.26 Å². The van der Waals surface area contributed by atoms with Gasteiger partial charge in [0.15, 0.2) is 5.69 Å². The number of hydrogen-bond acceptors (Lipinski definition) is 3. The van der Waals surface area contributed by atoms with Crippen molar-refractivity contribution in [1.82, 2.24) is 15.0 Å². The first-order chi connectivity index (χ1) is 10.2. The van der Waals surface area contributed by atoms with Gasteiger partial charge in [0.2, 0.25) is 0 Å². The van der Waals surface area contributed by atoms with Gasteiger partial charge >= 0.3 is 0 Å². The minimum Gasteiger partial charge on any atom is -0.211 e. The van der Waals surface area contributed by atoms with Gasteiger partial charge in [0.05, 0.1) is 5.69 Å². The van der Waals surface area contributed by atoms with E-state index in [4.69, 9.17) is 0 Å². The van der Waals surface area contributed by atoms with E-state index in [0.29, 0.717) is 11.4 Å². The molecule has 0 atom stereocenters. The molecule has 0 fully saturated rings. The number of aromatic nitrogens is 3. The van der Waals surface area contributed by atoms with Crippen LogP contribution in [0.5, 0.6) is 0 Å². The molecule has 21 heavy (non-hydrogen) atoms. The van der Waals surface area contributed by atoms with Crippen molar-refractivity contribution < 1.29 is 0 Å². The van der Waals surface area contributed by atoms with Crippen LogP contribution >= 0.6 is 15.9 Å². The first-order valence-corrected chi connectivity index (χ1v) is 7.17. The van der Waals surface area contributed by atoms with Gasteiger partial charge in [-0.25, -0.2) is 4.68 Å². The van der Waals surface area contributed by atoms with E-state index in [1.165, 1.54) is 5.56 Å². The van der Waals surface area contributed by atoms with Gasteiger partial charge < -0.3 is 0 Å². The molecular weight excluding hydrogens is 328 g/mol. The molecule has 0 radical (unpaired) electrons. The van der Waals surface area contributed by atoms with Gasteiger partial charge in [-0.15, -0.1) is 5.10 Å². The molecule has 0 saturated heterocycles. The molecule has 0 aliphatic heterocycles. The van der Waals surface area contributed by atoms with E-state index in [1.807, 2.05) is 55.5 Å². The lowest BCUT2D eigenvalue weighted by Gasteiger charge is -2.07. The second-order valence-corrected chi connectivity index (χ2v) is 5.57. The van der Waals surface area contributed by atoms with E-state index < -0.39 is 0 Å². The molecule has 3 aromatic rings. The van der Waals surface area contributed by atoms with Crippen molar-refractivity contribution in [3.05, 3.63) is 64.3 Å². The van der Waals surface area contributed by atoms with E-state index in [9.17, 15) is 5.26 Å². The van der Waals surface area contributed by atoms with Crippen molar-refractivity contribution in [2.45, 2.75) is 6.92 Å². The molecular formula is C16H11BrN4. The Kier molecular flexibility index (Phi) is 3.55. The summed E-state index contributed by atoms with van der Waals surface area (Å²) >= 11 is 3.41. The van der Waals surface area contributed by atoms with Gasteiger partial charge in [-0.1, -0.05) is 51.0 Å². The largest absolute Gasteiger partial charge is 0.211 e. The number of benzene rings is 2. The van der Waals surface area contributed by atoms with Gasteiger partial charge in [0.25, 0.3) is 0 Å². The predicted molar refractivity (Wildman–Crippen MR) is 83.9 cm³/mol. The van der Waals surface area contributed by atoms with Crippen LogP contribution in [0.15, 0.2) is 53.0 Å². The fraction of sp³-hybridized carbons (Fsp3) is 0.0625. The van der Waals surface area contributed by atoms with Crippen molar-refractivity contribution in [3.8, 4) is 23.0 Å². The van der Waals surface area contributed by atoms with Crippen molar-refractivity contribution in [1.29, 1.82) is 5.26 Å². The van der Waals surface area contributed by atoms with Crippen LogP contribution in [0.4, 0.5) is 0 Å². The van der Waals surface area contributed by atoms with Crippen LogP contribution in [-0.2, 0) is 0 Å². The van der Waals surface area contributed by atoms with Gasteiger partial charge in [0.1, 0.15) is 11.8 Å². The predicted octanol–water partition coefficient (Wildman–Crippen LogP) is 3.88. The Balaban J connectivity index is 2.19. The fourth-order valence-electron chi connectivity index (χ4n) is 2.09. The van der Waals surface area contributed by atoms with E-state index in [0.717, 1.165) is 15.7 Å². The fourth-order valence-corrected chi connectivity index (χ4v) is 2.35. The monoisotopic (exact) mass is 338 g/mol. The average Bonchev–Trinajstić information content (AvgIpc) is 2.93. The number of halogens is 1. The van der Waals surface area contributed by atoms with E-state index >= 15 is 0 Å². The van der Waals surface area contributed by atoms with E-state index in [2.05, 4.69) is 32.3 Å². The number of nitrogens with zero attached hydrogens (tertiary/aromatic N) is 4. The van der Waals surface area contributed by atoms with Crippen LogP contribution in [0.3, 0.4) is 0 Å². The highest BCUT2D eigenvalue weighted by molar-refractivity contribution is 9.10. The topological polar surface area (TPSA) is 54.5 Å². The Morgan fingerprint density at radius 3 is 2.33 bits per heavy atom. The maximum Gasteiger partial charge on any atom is 0.191 e. The van der Waals surface area contributed by atoms with Crippen LogP contribution in [0.1, 0.15) is 11.3 Å². The Labute approximate surface area is 130 Å². The molecule has 0 saturated carbocycles. The van der Waals surface area contributed by atoms with Crippen LogP contribution < -0.4 is 0 Å². The zero-order chi connectivity index (χ0) is 14.8. The second-order valence-electron chi connectivity index (χ2n) is 4.65. The summed E-state index contributed by atoms with van der Waals surface area (Å²) in [5, 5.41) is 17.4. The minimum atomic E-state index is 0.317. The van der Waals surface area contributed by atoms with Gasteiger partial charge in [-0.3, -0.25) is 0 Å². The molecule has 102 valence electrons. The smallest absolute Gasteiger partial charge is 0.191 e. The number of rotatable bonds is 2. The van der Waals surface area contributed by atoms with Crippen LogP contribution in [-0.4, -0.2) is 15.0 Å². The summed E-state index contributed by atoms with van der Waals surface area (Å²) in [6, 6.07) is 17.8. The Hall–Kier alpha value is -2.45. The maximum atomic E-state index is 9.26. The van der Waals surface area contributed by atoms with Crippen molar-refractivity contribution in [2.24, 2.45) is 0 Å². The lowest BCUT2D eigenvalue weighted by molar-refractivity contribution is 0.806. The lowest BCUT2D eigenvalue weighted by Crippen LogP contribution is -1.99. The number of hydrogen-bond donors (Lipinski definition) is 0. The summed E-state index contributed by atoms with van der Waals surface area (Å²) in [6.07, 6.45) is 0. The molecule has 0 bridgehead atoms. The van der Waals surface area contributed by atoms with Crippen molar-refractivity contribution in [3.63, 3.8) is 0 Å². The number of nitriles is 1. The number of aryl methyl sites for hydroxylation is 1. The zero-order valence-electron chi connectivity index (χ0n) is 11.3. The molecule has 0 unspecified atom stereocenters. The molecule has 0 aliphatic rings. The molecule has 4 nitrogen and oxygen atoms in total. The van der Waals surface area contributed by atoms with Crippen molar-refractivity contribution in [2.75, 3.05) is 0 Å². The first-order valence-electron chi connectivity index (χ1n) is 6.38. The quantitative estimate of drug-likeness (QED) is 0.712. The zero-order valence-corrected chi connectivity index (χ0v) is 12.9. The SMILES string of the molecule is Cc1ccc(-n2nnc(C#N)c2-c2ccc(Br)cc2)cc1. The molecule has 5 heteroatoms. The van der Waals surface area contributed by atoms with E-state index in [1.54, 1.807) is 4.68 Å². The Morgan fingerprint density at radius 1 is 1.05 bits per heavy atom. The second kappa shape index (κ2) is 5.51. The summed E-state index contributed by atoms with van der Waals surface area (Å²) in [7, 11) is 0. The summed E-state index contributed by atoms with van der Waals surface area (Å²) in [6.45, 7) is 2.03. The highest BCUT2D eigenvalue weighted by Crippen LogP contribution is 2.26. The molecule has 0 amide bonds. The summed E-state index contributed by atoms with van der Waals surface area (Å²) in [5.74, 6) is 0. The van der Waals surface area contributed by atoms with Gasteiger partial charge in [0, 0.05) is 10.0 Å². The van der Waals surface area contributed by atoms with Crippen LogP contribution in [0.2, 0.25) is 0 Å². The molecule has 1 heterocycles. The third kappa shape index (κ3) is 2.58. The van der Waals surface area contributed by atoms with Crippen LogP contribution in [0, 0.1) is 18.3 Å². The minimum absolute atomic E-state index is 0.317. The molecule has 0 aliphatic carbocycles. The highest BCUT2D eigenvalue weighted by Gasteiger charge is 2.15. The summed E-state index contributed by atoms with van der Waals surface area (Å²) < 4.78 is 2.68. The standard InChI is InChI=1S/C16H11BrN4/c1-11-2-8-14(9-3-11)21-16(15(10-18)19-20-21)12-4-6-13(17)7-5-12/h2-9H,1H3. The third-order valence-corrected chi connectivity index (χ3v) is 3.70. The summed E-state index contributed by atoms with van der Waals surface area (Å²) in [4.78, 5) is 0. The Bertz CT molecular complexity index is 811. The molecule has 3 rings (SSSR count). The molecule has 1 aromatic heterocycles. The molecule has 0 spiro atoms.